The molecule has 2 aromatic rings. The molecule has 0 saturated carbocycles. The number of hydrogen-bond donors (Lipinski definition) is 2. The molecule has 3 atom stereocenters. The molecule has 2 aliphatic rings. The lowest BCUT2D eigenvalue weighted by Crippen LogP contribution is -2.53. The Morgan fingerprint density at radius 3 is 2.35 bits per heavy atom. The molecule has 4 rings (SSSR count). The number of para-hydroxylation sites is 1. The number of ether oxygens (including phenoxy) is 1. The number of halogens is 3. The van der Waals surface area contributed by atoms with E-state index in [0.717, 1.165) is 18.9 Å². The second kappa shape index (κ2) is 10.5. The molecule has 9 heteroatoms. The summed E-state index contributed by atoms with van der Waals surface area (Å²) >= 11 is 0. The van der Waals surface area contributed by atoms with Gasteiger partial charge in [0, 0.05) is 24.2 Å². The number of rotatable bonds is 8. The predicted octanol–water partition coefficient (Wildman–Crippen LogP) is 2.94. The number of nitrogens with zero attached hydrogens (tertiary/aromatic N) is 1. The summed E-state index contributed by atoms with van der Waals surface area (Å²) in [5, 5.41) is 2.61. The van der Waals surface area contributed by atoms with Crippen LogP contribution in [0.1, 0.15) is 31.2 Å². The zero-order valence-corrected chi connectivity index (χ0v) is 18.7. The Morgan fingerprint density at radius 1 is 1.03 bits per heavy atom. The molecule has 2 fully saturated rings. The minimum atomic E-state index is -1.22. The first-order valence-electron chi connectivity index (χ1n) is 11.5. The Hall–Kier alpha value is -3.07. The molecule has 0 aromatic heterocycles. The van der Waals surface area contributed by atoms with Crippen molar-refractivity contribution in [3.05, 3.63) is 65.5 Å². The summed E-state index contributed by atoms with van der Waals surface area (Å²) in [6, 6.07) is 9.89. The normalized spacial score (nSPS) is 22.4. The highest BCUT2D eigenvalue weighted by atomic mass is 19.2. The molecule has 182 valence electrons. The maximum Gasteiger partial charge on any atom is 0.258 e. The highest BCUT2D eigenvalue weighted by Gasteiger charge is 2.44. The van der Waals surface area contributed by atoms with Crippen molar-refractivity contribution >= 4 is 11.8 Å². The van der Waals surface area contributed by atoms with Gasteiger partial charge in [0.05, 0.1) is 6.54 Å². The molecule has 2 amide bonds. The highest BCUT2D eigenvalue weighted by molar-refractivity contribution is 5.86. The maximum atomic E-state index is 14.0. The molecule has 2 bridgehead atoms. The Labute approximate surface area is 196 Å². The average molecular weight is 476 g/mol. The van der Waals surface area contributed by atoms with Crippen molar-refractivity contribution < 1.29 is 27.5 Å². The minimum absolute atomic E-state index is 0.00503. The molecule has 2 heterocycles. The third-order valence-electron chi connectivity index (χ3n) is 6.76. The Balaban J connectivity index is 1.27. The van der Waals surface area contributed by atoms with E-state index in [1.54, 1.807) is 24.3 Å². The molecule has 6 nitrogen and oxygen atoms in total. The number of hydrogen-bond acceptors (Lipinski definition) is 4. The van der Waals surface area contributed by atoms with Crippen LogP contribution in [0.5, 0.6) is 5.75 Å². The van der Waals surface area contributed by atoms with Crippen LogP contribution in [0.25, 0.3) is 0 Å². The van der Waals surface area contributed by atoms with Crippen molar-refractivity contribution in [2.75, 3.05) is 13.2 Å². The number of nitrogens with two attached hydrogens (primary N) is 1. The first kappa shape index (κ1) is 24.1. The third-order valence-corrected chi connectivity index (χ3v) is 6.76. The van der Waals surface area contributed by atoms with E-state index in [4.69, 9.17) is 10.5 Å². The van der Waals surface area contributed by atoms with Crippen LogP contribution in [0.2, 0.25) is 0 Å². The van der Waals surface area contributed by atoms with Crippen LogP contribution < -0.4 is 15.8 Å². The monoisotopic (exact) mass is 475 g/mol. The van der Waals surface area contributed by atoms with Crippen LogP contribution in [-0.4, -0.2) is 48.0 Å². The van der Waals surface area contributed by atoms with Gasteiger partial charge in [-0.3, -0.25) is 9.59 Å². The summed E-state index contributed by atoms with van der Waals surface area (Å²) in [4.78, 5) is 26.7. The SMILES string of the molecule is N[C@H](Cc1cc(F)c(F)cc1F)C1CC2CCC(C1)N2C(=O)CNC(=O)COc1ccccc1. The zero-order chi connectivity index (χ0) is 24.2. The van der Waals surface area contributed by atoms with Crippen LogP contribution in [0.4, 0.5) is 13.2 Å². The average Bonchev–Trinajstić information content (AvgIpc) is 3.09. The third kappa shape index (κ3) is 5.52. The zero-order valence-electron chi connectivity index (χ0n) is 18.7. The first-order chi connectivity index (χ1) is 16.3. The molecule has 3 N–H and O–H groups in total. The Morgan fingerprint density at radius 2 is 1.68 bits per heavy atom. The topological polar surface area (TPSA) is 84.7 Å². The van der Waals surface area contributed by atoms with Gasteiger partial charge in [-0.1, -0.05) is 18.2 Å². The molecule has 2 aromatic carbocycles. The van der Waals surface area contributed by atoms with E-state index in [1.807, 2.05) is 11.0 Å². The van der Waals surface area contributed by atoms with Crippen molar-refractivity contribution in [2.45, 2.75) is 50.2 Å². The van der Waals surface area contributed by atoms with E-state index in [1.165, 1.54) is 0 Å². The quantitative estimate of drug-likeness (QED) is 0.575. The van der Waals surface area contributed by atoms with Gasteiger partial charge in [-0.15, -0.1) is 0 Å². The molecular formula is C25H28F3N3O3. The van der Waals surface area contributed by atoms with Gasteiger partial charge in [-0.2, -0.15) is 0 Å². The fraction of sp³-hybridized carbons (Fsp3) is 0.440. The largest absolute Gasteiger partial charge is 0.484 e. The molecular weight excluding hydrogens is 447 g/mol. The van der Waals surface area contributed by atoms with Gasteiger partial charge in [0.2, 0.25) is 5.91 Å². The number of carbonyl (C=O) groups is 2. The first-order valence-corrected chi connectivity index (χ1v) is 11.5. The summed E-state index contributed by atoms with van der Waals surface area (Å²) in [6.07, 6.45) is 3.08. The second-order valence-electron chi connectivity index (χ2n) is 9.02. The predicted molar refractivity (Wildman–Crippen MR) is 119 cm³/mol. The Bertz CT molecular complexity index is 1020. The van der Waals surface area contributed by atoms with Crippen molar-refractivity contribution in [3.8, 4) is 5.75 Å². The highest BCUT2D eigenvalue weighted by Crippen LogP contribution is 2.40. The minimum Gasteiger partial charge on any atom is -0.484 e. The van der Waals surface area contributed by atoms with Crippen molar-refractivity contribution in [2.24, 2.45) is 11.7 Å². The molecule has 0 spiro atoms. The van der Waals surface area contributed by atoms with Crippen LogP contribution in [0.3, 0.4) is 0 Å². The fourth-order valence-corrected chi connectivity index (χ4v) is 5.10. The molecule has 0 radical (unpaired) electrons. The molecule has 2 unspecified atom stereocenters. The summed E-state index contributed by atoms with van der Waals surface area (Å²) in [7, 11) is 0. The van der Waals surface area contributed by atoms with Crippen LogP contribution >= 0.6 is 0 Å². The summed E-state index contributed by atoms with van der Waals surface area (Å²) < 4.78 is 46.1. The second-order valence-corrected chi connectivity index (χ2v) is 9.02. The number of amides is 2. The van der Waals surface area contributed by atoms with E-state index in [2.05, 4.69) is 5.32 Å². The lowest BCUT2D eigenvalue weighted by atomic mass is 9.82. The smallest absolute Gasteiger partial charge is 0.258 e. The molecule has 34 heavy (non-hydrogen) atoms. The van der Waals surface area contributed by atoms with Gasteiger partial charge in [-0.25, -0.2) is 13.2 Å². The Kier molecular flexibility index (Phi) is 7.41. The lowest BCUT2D eigenvalue weighted by molar-refractivity contribution is -0.137. The van der Waals surface area contributed by atoms with Gasteiger partial charge in [-0.05, 0) is 61.8 Å². The lowest BCUT2D eigenvalue weighted by Gasteiger charge is -2.41. The van der Waals surface area contributed by atoms with Crippen LogP contribution in [0.15, 0.2) is 42.5 Å². The van der Waals surface area contributed by atoms with Gasteiger partial charge >= 0.3 is 0 Å². The molecule has 2 aliphatic heterocycles. The van der Waals surface area contributed by atoms with Crippen molar-refractivity contribution in [1.82, 2.24) is 10.2 Å². The number of piperidine rings is 1. The van der Waals surface area contributed by atoms with E-state index in [9.17, 15) is 22.8 Å². The van der Waals surface area contributed by atoms with E-state index < -0.39 is 23.5 Å². The van der Waals surface area contributed by atoms with Crippen LogP contribution in [0, 0.1) is 23.4 Å². The number of nitrogens with one attached hydrogen (secondary N) is 1. The summed E-state index contributed by atoms with van der Waals surface area (Å²) in [5.41, 5.74) is 6.39. The summed E-state index contributed by atoms with van der Waals surface area (Å²) in [5.74, 6) is -3.06. The number of benzene rings is 2. The number of carbonyl (C=O) groups excluding carboxylic acids is 2. The maximum absolute atomic E-state index is 14.0. The standard InChI is InChI=1S/C25H28F3N3O3/c26-20-12-22(28)21(27)10-15(20)11-23(29)16-8-17-6-7-18(9-16)31(17)25(33)13-30-24(32)14-34-19-4-2-1-3-5-19/h1-5,10,12,16-18,23H,6-9,11,13-14,29H2,(H,30,32)/t16?,17?,18?,23-/m1/s1. The fourth-order valence-electron chi connectivity index (χ4n) is 5.10. The van der Waals surface area contributed by atoms with E-state index >= 15 is 0 Å². The van der Waals surface area contributed by atoms with Gasteiger partial charge in [0.25, 0.3) is 5.91 Å². The summed E-state index contributed by atoms with van der Waals surface area (Å²) in [6.45, 7) is -0.289. The van der Waals surface area contributed by atoms with E-state index in [0.29, 0.717) is 24.7 Å². The van der Waals surface area contributed by atoms with Gasteiger partial charge < -0.3 is 20.7 Å². The van der Waals surface area contributed by atoms with Crippen molar-refractivity contribution in [3.63, 3.8) is 0 Å². The van der Waals surface area contributed by atoms with Gasteiger partial charge in [0.1, 0.15) is 11.6 Å². The number of fused-ring (bicyclic) bond motifs is 2. The van der Waals surface area contributed by atoms with Crippen LogP contribution in [-0.2, 0) is 16.0 Å². The van der Waals surface area contributed by atoms with Gasteiger partial charge in [0.15, 0.2) is 18.2 Å². The van der Waals surface area contributed by atoms with Crippen molar-refractivity contribution in [1.29, 1.82) is 0 Å². The van der Waals surface area contributed by atoms with E-state index in [-0.39, 0.29) is 55.0 Å². The molecule has 2 saturated heterocycles. The molecule has 0 aliphatic carbocycles.